The van der Waals surface area contributed by atoms with Crippen LogP contribution >= 0.6 is 0 Å². The van der Waals surface area contributed by atoms with Gasteiger partial charge in [-0.2, -0.15) is 13.2 Å². The summed E-state index contributed by atoms with van der Waals surface area (Å²) in [6.07, 6.45) is -0.385. The van der Waals surface area contributed by atoms with Crippen LogP contribution in [-0.2, 0) is 10.9 Å². The Morgan fingerprint density at radius 1 is 1.11 bits per heavy atom. The summed E-state index contributed by atoms with van der Waals surface area (Å²) in [6.45, 7) is 4.34. The Morgan fingerprint density at radius 2 is 1.82 bits per heavy atom. The number of H-pyrrole nitrogens is 1. The van der Waals surface area contributed by atoms with E-state index in [9.17, 15) is 13.2 Å². The van der Waals surface area contributed by atoms with E-state index < -0.39 is 11.7 Å². The van der Waals surface area contributed by atoms with Gasteiger partial charge in [0, 0.05) is 12.6 Å². The van der Waals surface area contributed by atoms with E-state index >= 15 is 0 Å². The molecule has 8 heteroatoms. The number of imidazole rings is 1. The predicted octanol–water partition coefficient (Wildman–Crippen LogP) is 3.56. The van der Waals surface area contributed by atoms with E-state index in [2.05, 4.69) is 26.8 Å². The van der Waals surface area contributed by atoms with E-state index in [-0.39, 0.29) is 6.04 Å². The molecule has 1 N–H and O–H groups in total. The third kappa shape index (κ3) is 4.09. The first-order valence-electron chi connectivity index (χ1n) is 9.66. The number of hydrogen-bond acceptors (Lipinski definition) is 4. The lowest BCUT2D eigenvalue weighted by Gasteiger charge is -2.43. The standard InChI is InChI=1S/C20H25F3N4O/c1-26-8-6-16(7-9-26)27-10-11-28-13-18(27)19-24-12-17(25-19)14-2-4-15(5-3-14)20(21,22)23/h2-5,12,16,18H,6-11,13H2,1H3,(H,24,25)/t18-/m0/s1. The summed E-state index contributed by atoms with van der Waals surface area (Å²) in [6, 6.07) is 5.71. The van der Waals surface area contributed by atoms with Gasteiger partial charge in [-0.3, -0.25) is 4.90 Å². The summed E-state index contributed by atoms with van der Waals surface area (Å²) in [5.74, 6) is 0.813. The number of benzene rings is 1. The molecule has 0 aliphatic carbocycles. The molecule has 0 bridgehead atoms. The Kier molecular flexibility index (Phi) is 5.44. The van der Waals surface area contributed by atoms with E-state index in [0.29, 0.717) is 18.2 Å². The highest BCUT2D eigenvalue weighted by molar-refractivity contribution is 5.59. The number of morpholine rings is 1. The van der Waals surface area contributed by atoms with Gasteiger partial charge >= 0.3 is 6.18 Å². The fourth-order valence-corrected chi connectivity index (χ4v) is 4.11. The van der Waals surface area contributed by atoms with Crippen LogP contribution in [0.4, 0.5) is 13.2 Å². The van der Waals surface area contributed by atoms with Crippen molar-refractivity contribution in [1.29, 1.82) is 0 Å². The van der Waals surface area contributed by atoms with Gasteiger partial charge in [0.2, 0.25) is 0 Å². The molecule has 1 aromatic carbocycles. The minimum Gasteiger partial charge on any atom is -0.378 e. The van der Waals surface area contributed by atoms with Crippen LogP contribution in [-0.4, -0.2) is 65.7 Å². The molecule has 2 saturated heterocycles. The van der Waals surface area contributed by atoms with Crippen LogP contribution in [0.15, 0.2) is 30.5 Å². The number of piperidine rings is 1. The summed E-state index contributed by atoms with van der Waals surface area (Å²) >= 11 is 0. The van der Waals surface area contributed by atoms with Gasteiger partial charge in [-0.25, -0.2) is 4.98 Å². The van der Waals surface area contributed by atoms with Crippen molar-refractivity contribution in [2.24, 2.45) is 0 Å². The van der Waals surface area contributed by atoms with E-state index in [1.54, 1.807) is 6.20 Å². The number of nitrogens with zero attached hydrogens (tertiary/aromatic N) is 3. The molecule has 0 amide bonds. The molecule has 2 aliphatic rings. The first kappa shape index (κ1) is 19.4. The lowest BCUT2D eigenvalue weighted by molar-refractivity contribution is -0.137. The predicted molar refractivity (Wildman–Crippen MR) is 99.8 cm³/mol. The number of hydrogen-bond donors (Lipinski definition) is 1. The van der Waals surface area contributed by atoms with Crippen molar-refractivity contribution in [3.8, 4) is 11.3 Å². The highest BCUT2D eigenvalue weighted by Gasteiger charge is 2.34. The summed E-state index contributed by atoms with van der Waals surface area (Å²) in [5.41, 5.74) is 0.761. The molecule has 152 valence electrons. The third-order valence-corrected chi connectivity index (χ3v) is 5.76. The summed E-state index contributed by atoms with van der Waals surface area (Å²) in [5, 5.41) is 0. The fourth-order valence-electron chi connectivity index (χ4n) is 4.11. The summed E-state index contributed by atoms with van der Waals surface area (Å²) < 4.78 is 44.0. The van der Waals surface area contributed by atoms with E-state index in [0.717, 1.165) is 62.7 Å². The quantitative estimate of drug-likeness (QED) is 0.865. The van der Waals surface area contributed by atoms with E-state index in [4.69, 9.17) is 4.74 Å². The first-order chi connectivity index (χ1) is 13.4. The Balaban J connectivity index is 1.52. The highest BCUT2D eigenvalue weighted by atomic mass is 19.4. The smallest absolute Gasteiger partial charge is 0.378 e. The van der Waals surface area contributed by atoms with E-state index in [1.165, 1.54) is 12.1 Å². The van der Waals surface area contributed by atoms with Gasteiger partial charge in [-0.15, -0.1) is 0 Å². The third-order valence-electron chi connectivity index (χ3n) is 5.76. The molecule has 3 heterocycles. The zero-order valence-corrected chi connectivity index (χ0v) is 15.9. The summed E-state index contributed by atoms with van der Waals surface area (Å²) in [4.78, 5) is 12.7. The first-order valence-corrected chi connectivity index (χ1v) is 9.66. The van der Waals surface area contributed by atoms with Crippen molar-refractivity contribution in [3.63, 3.8) is 0 Å². The molecule has 5 nitrogen and oxygen atoms in total. The number of aromatic amines is 1. The second kappa shape index (κ2) is 7.85. The van der Waals surface area contributed by atoms with Crippen molar-refractivity contribution >= 4 is 0 Å². The van der Waals surface area contributed by atoms with Crippen LogP contribution < -0.4 is 0 Å². The SMILES string of the molecule is CN1CCC(N2CCOC[C@H]2c2ncc(-c3ccc(C(F)(F)F)cc3)[nH]2)CC1. The van der Waals surface area contributed by atoms with Gasteiger partial charge in [-0.05, 0) is 50.7 Å². The van der Waals surface area contributed by atoms with Gasteiger partial charge in [0.25, 0.3) is 0 Å². The zero-order valence-electron chi connectivity index (χ0n) is 15.9. The fraction of sp³-hybridized carbons (Fsp3) is 0.550. The molecule has 28 heavy (non-hydrogen) atoms. The van der Waals surface area contributed by atoms with Gasteiger partial charge in [-0.1, -0.05) is 12.1 Å². The monoisotopic (exact) mass is 394 g/mol. The molecular weight excluding hydrogens is 369 g/mol. The zero-order chi connectivity index (χ0) is 19.7. The average Bonchev–Trinajstić information content (AvgIpc) is 3.18. The molecule has 2 aromatic rings. The molecular formula is C20H25F3N4O. The molecule has 0 saturated carbocycles. The number of alkyl halides is 3. The molecule has 1 aromatic heterocycles. The van der Waals surface area contributed by atoms with Crippen molar-refractivity contribution in [2.75, 3.05) is 39.9 Å². The minimum atomic E-state index is -4.33. The number of nitrogens with one attached hydrogen (secondary N) is 1. The lowest BCUT2D eigenvalue weighted by atomic mass is 10.0. The second-order valence-electron chi connectivity index (χ2n) is 7.62. The molecule has 4 rings (SSSR count). The molecule has 0 unspecified atom stereocenters. The number of likely N-dealkylation sites (tertiary alicyclic amines) is 1. The lowest BCUT2D eigenvalue weighted by Crippen LogP contribution is -2.50. The van der Waals surface area contributed by atoms with Crippen LogP contribution in [0, 0.1) is 0 Å². The van der Waals surface area contributed by atoms with Gasteiger partial charge in [0.1, 0.15) is 5.82 Å². The van der Waals surface area contributed by atoms with Crippen LogP contribution in [0.25, 0.3) is 11.3 Å². The number of aromatic nitrogens is 2. The maximum absolute atomic E-state index is 12.8. The Morgan fingerprint density at radius 3 is 2.50 bits per heavy atom. The van der Waals surface area contributed by atoms with Crippen LogP contribution in [0.2, 0.25) is 0 Å². The highest BCUT2D eigenvalue weighted by Crippen LogP contribution is 2.32. The number of rotatable bonds is 3. The van der Waals surface area contributed by atoms with Crippen molar-refractivity contribution < 1.29 is 17.9 Å². The van der Waals surface area contributed by atoms with Crippen LogP contribution in [0.5, 0.6) is 0 Å². The Bertz CT molecular complexity index is 781. The van der Waals surface area contributed by atoms with Crippen molar-refractivity contribution in [1.82, 2.24) is 19.8 Å². The Hall–Kier alpha value is -1.90. The molecule has 2 aliphatic heterocycles. The number of ether oxygens (including phenoxy) is 1. The molecule has 2 fully saturated rings. The number of halogens is 3. The molecule has 0 radical (unpaired) electrons. The van der Waals surface area contributed by atoms with Crippen LogP contribution in [0.1, 0.15) is 30.3 Å². The maximum Gasteiger partial charge on any atom is 0.416 e. The maximum atomic E-state index is 12.8. The van der Waals surface area contributed by atoms with Crippen LogP contribution in [0.3, 0.4) is 0 Å². The topological polar surface area (TPSA) is 44.4 Å². The van der Waals surface area contributed by atoms with E-state index in [1.807, 2.05) is 0 Å². The Labute approximate surface area is 162 Å². The van der Waals surface area contributed by atoms with Crippen molar-refractivity contribution in [2.45, 2.75) is 31.1 Å². The van der Waals surface area contributed by atoms with Gasteiger partial charge in [0.15, 0.2) is 0 Å². The average molecular weight is 394 g/mol. The summed E-state index contributed by atoms with van der Waals surface area (Å²) in [7, 11) is 2.15. The second-order valence-corrected chi connectivity index (χ2v) is 7.62. The van der Waals surface area contributed by atoms with Gasteiger partial charge in [0.05, 0.1) is 36.7 Å². The largest absolute Gasteiger partial charge is 0.416 e. The molecule has 1 atom stereocenters. The van der Waals surface area contributed by atoms with Crippen molar-refractivity contribution in [3.05, 3.63) is 41.9 Å². The molecule has 0 spiro atoms. The normalized spacial score (nSPS) is 23.2. The van der Waals surface area contributed by atoms with Gasteiger partial charge < -0.3 is 14.6 Å². The minimum absolute atomic E-state index is 0.0466.